The number of ether oxygens (including phenoxy) is 1. The molecule has 5 heteroatoms. The van der Waals surface area contributed by atoms with Gasteiger partial charge in [-0.1, -0.05) is 54.6 Å². The van der Waals surface area contributed by atoms with Gasteiger partial charge in [0.25, 0.3) is 0 Å². The number of aromatic hydroxyl groups is 1. The Morgan fingerprint density at radius 2 is 1.75 bits per heavy atom. The van der Waals surface area contributed by atoms with Crippen LogP contribution in [0.2, 0.25) is 0 Å². The number of rotatable bonds is 5. The smallest absolute Gasteiger partial charge is 0.235 e. The van der Waals surface area contributed by atoms with Crippen LogP contribution in [0, 0.1) is 0 Å². The molecule has 142 valence electrons. The van der Waals surface area contributed by atoms with Crippen molar-refractivity contribution in [2.45, 2.75) is 12.7 Å². The number of nitrogens with zero attached hydrogens (tertiary/aromatic N) is 1. The zero-order chi connectivity index (χ0) is 19.5. The first kappa shape index (κ1) is 18.1. The number of carbonyl (C=O) groups excluding carboxylic acids is 1. The molecule has 0 aliphatic carbocycles. The van der Waals surface area contributed by atoms with E-state index >= 15 is 0 Å². The molecule has 0 spiro atoms. The minimum atomic E-state index is -0.392. The summed E-state index contributed by atoms with van der Waals surface area (Å²) in [6.45, 7) is 0.872. The lowest BCUT2D eigenvalue weighted by Crippen LogP contribution is -2.27. The van der Waals surface area contributed by atoms with Crippen molar-refractivity contribution in [3.8, 4) is 22.6 Å². The molecular formula is C23H22N2O3. The summed E-state index contributed by atoms with van der Waals surface area (Å²) in [5.74, 6) is 0.715. The zero-order valence-corrected chi connectivity index (χ0v) is 15.6. The summed E-state index contributed by atoms with van der Waals surface area (Å²) in [7, 11) is 1.58. The maximum absolute atomic E-state index is 12.1. The number of methoxy groups -OCH3 is 1. The number of hydrogen-bond acceptors (Lipinski definition) is 4. The van der Waals surface area contributed by atoms with Crippen molar-refractivity contribution in [3.05, 3.63) is 83.9 Å². The molecule has 5 nitrogen and oxygen atoms in total. The molecule has 0 aromatic heterocycles. The van der Waals surface area contributed by atoms with E-state index in [1.54, 1.807) is 25.3 Å². The van der Waals surface area contributed by atoms with E-state index in [1.807, 2.05) is 23.1 Å². The van der Waals surface area contributed by atoms with E-state index in [0.29, 0.717) is 17.9 Å². The number of benzene rings is 3. The second-order valence-electron chi connectivity index (χ2n) is 6.86. The van der Waals surface area contributed by atoms with Gasteiger partial charge in [-0.15, -0.1) is 0 Å². The second kappa shape index (κ2) is 7.74. The number of hydrogen-bond donors (Lipinski definition) is 2. The zero-order valence-electron chi connectivity index (χ0n) is 15.6. The highest BCUT2D eigenvalue weighted by Gasteiger charge is 2.32. The number of phenols is 1. The third-order valence-electron chi connectivity index (χ3n) is 4.99. The van der Waals surface area contributed by atoms with Gasteiger partial charge in [-0.05, 0) is 34.9 Å². The van der Waals surface area contributed by atoms with E-state index in [2.05, 4.69) is 41.7 Å². The van der Waals surface area contributed by atoms with Gasteiger partial charge in [0.05, 0.1) is 13.7 Å². The third kappa shape index (κ3) is 3.70. The van der Waals surface area contributed by atoms with E-state index in [-0.39, 0.29) is 18.2 Å². The standard InChI is InChI=1S/C23H22N2O3/c1-28-19-11-12-21(26)20(13-19)23-24-22(27)15-25(23)14-16-7-9-18(10-8-16)17-5-3-2-4-6-17/h2-13,23,26H,14-15H2,1H3,(H,24,27)/t23-/m0/s1. The van der Waals surface area contributed by atoms with Crippen LogP contribution in [0.15, 0.2) is 72.8 Å². The molecule has 1 amide bonds. The lowest BCUT2D eigenvalue weighted by molar-refractivity contribution is -0.118. The summed E-state index contributed by atoms with van der Waals surface area (Å²) in [6, 6.07) is 23.6. The fourth-order valence-electron chi connectivity index (χ4n) is 3.53. The minimum absolute atomic E-state index is 0.0619. The average molecular weight is 374 g/mol. The second-order valence-corrected chi connectivity index (χ2v) is 6.86. The Balaban J connectivity index is 1.55. The molecule has 4 rings (SSSR count). The Morgan fingerprint density at radius 1 is 1.04 bits per heavy atom. The van der Waals surface area contributed by atoms with Crippen molar-refractivity contribution in [2.24, 2.45) is 0 Å². The molecule has 1 heterocycles. The molecule has 0 radical (unpaired) electrons. The maximum Gasteiger partial charge on any atom is 0.235 e. The summed E-state index contributed by atoms with van der Waals surface area (Å²) >= 11 is 0. The highest BCUT2D eigenvalue weighted by atomic mass is 16.5. The van der Waals surface area contributed by atoms with Gasteiger partial charge in [-0.2, -0.15) is 0 Å². The molecule has 1 aliphatic rings. The molecule has 0 saturated carbocycles. The molecule has 3 aromatic carbocycles. The van der Waals surface area contributed by atoms with E-state index in [9.17, 15) is 9.90 Å². The maximum atomic E-state index is 12.1. The Labute approximate surface area is 164 Å². The van der Waals surface area contributed by atoms with Crippen LogP contribution in [-0.4, -0.2) is 29.6 Å². The highest BCUT2D eigenvalue weighted by Crippen LogP contribution is 2.33. The quantitative estimate of drug-likeness (QED) is 0.715. The van der Waals surface area contributed by atoms with Crippen molar-refractivity contribution in [1.29, 1.82) is 0 Å². The monoisotopic (exact) mass is 374 g/mol. The number of nitrogens with one attached hydrogen (secondary N) is 1. The van der Waals surface area contributed by atoms with Crippen molar-refractivity contribution in [1.82, 2.24) is 10.2 Å². The van der Waals surface area contributed by atoms with Crippen LogP contribution in [0.5, 0.6) is 11.5 Å². The van der Waals surface area contributed by atoms with E-state index in [1.165, 1.54) is 5.56 Å². The van der Waals surface area contributed by atoms with Crippen molar-refractivity contribution in [3.63, 3.8) is 0 Å². The van der Waals surface area contributed by atoms with Gasteiger partial charge in [-0.3, -0.25) is 9.69 Å². The van der Waals surface area contributed by atoms with Crippen LogP contribution in [0.3, 0.4) is 0 Å². The predicted molar refractivity (Wildman–Crippen MR) is 108 cm³/mol. The lowest BCUT2D eigenvalue weighted by Gasteiger charge is -2.24. The SMILES string of the molecule is COc1ccc(O)c([C@H]2NC(=O)CN2Cc2ccc(-c3ccccc3)cc2)c1. The third-order valence-corrected chi connectivity index (χ3v) is 4.99. The van der Waals surface area contributed by atoms with Crippen molar-refractivity contribution < 1.29 is 14.6 Å². The molecule has 28 heavy (non-hydrogen) atoms. The molecule has 2 N–H and O–H groups in total. The molecule has 0 unspecified atom stereocenters. The summed E-state index contributed by atoms with van der Waals surface area (Å²) < 4.78 is 5.26. The van der Waals surface area contributed by atoms with Gasteiger partial charge in [-0.25, -0.2) is 0 Å². The van der Waals surface area contributed by atoms with Crippen LogP contribution in [0.4, 0.5) is 0 Å². The van der Waals surface area contributed by atoms with Crippen LogP contribution in [0.25, 0.3) is 11.1 Å². The Morgan fingerprint density at radius 3 is 2.46 bits per heavy atom. The van der Waals surface area contributed by atoms with Gasteiger partial charge < -0.3 is 15.2 Å². The largest absolute Gasteiger partial charge is 0.508 e. The summed E-state index contributed by atoms with van der Waals surface area (Å²) in [4.78, 5) is 14.1. The number of amides is 1. The molecule has 3 aromatic rings. The average Bonchev–Trinajstić information content (AvgIpc) is 3.09. The van der Waals surface area contributed by atoms with Crippen molar-refractivity contribution >= 4 is 5.91 Å². The van der Waals surface area contributed by atoms with Crippen molar-refractivity contribution in [2.75, 3.05) is 13.7 Å². The summed E-state index contributed by atoms with van der Waals surface area (Å²) in [6.07, 6.45) is -0.392. The van der Waals surface area contributed by atoms with Gasteiger partial charge in [0.15, 0.2) is 0 Å². The van der Waals surface area contributed by atoms with Crippen LogP contribution in [0.1, 0.15) is 17.3 Å². The number of phenolic OH excluding ortho intramolecular Hbond substituents is 1. The number of carbonyl (C=O) groups is 1. The predicted octanol–water partition coefficient (Wildman–Crippen LogP) is 3.70. The van der Waals surface area contributed by atoms with Crippen LogP contribution >= 0.6 is 0 Å². The molecule has 1 aliphatic heterocycles. The van der Waals surface area contributed by atoms with Gasteiger partial charge in [0.2, 0.25) is 5.91 Å². The Bertz CT molecular complexity index is 971. The highest BCUT2D eigenvalue weighted by molar-refractivity contribution is 5.81. The summed E-state index contributed by atoms with van der Waals surface area (Å²) in [5, 5.41) is 13.2. The minimum Gasteiger partial charge on any atom is -0.508 e. The topological polar surface area (TPSA) is 61.8 Å². The van der Waals surface area contributed by atoms with Gasteiger partial charge >= 0.3 is 0 Å². The first-order valence-corrected chi connectivity index (χ1v) is 9.19. The van der Waals surface area contributed by atoms with Gasteiger partial charge in [0.1, 0.15) is 17.7 Å². The van der Waals surface area contributed by atoms with Crippen LogP contribution < -0.4 is 10.1 Å². The molecule has 1 saturated heterocycles. The molecular weight excluding hydrogens is 352 g/mol. The fraction of sp³-hybridized carbons (Fsp3) is 0.174. The first-order valence-electron chi connectivity index (χ1n) is 9.19. The van der Waals surface area contributed by atoms with Crippen LogP contribution in [-0.2, 0) is 11.3 Å². The van der Waals surface area contributed by atoms with Gasteiger partial charge in [0, 0.05) is 12.1 Å². The van der Waals surface area contributed by atoms with E-state index in [0.717, 1.165) is 11.1 Å². The van der Waals surface area contributed by atoms with E-state index < -0.39 is 6.17 Å². The van der Waals surface area contributed by atoms with E-state index in [4.69, 9.17) is 4.74 Å². The first-order chi connectivity index (χ1) is 13.6. The molecule has 1 fully saturated rings. The fourth-order valence-corrected chi connectivity index (χ4v) is 3.53. The Kier molecular flexibility index (Phi) is 5.00. The molecule has 0 bridgehead atoms. The summed E-state index contributed by atoms with van der Waals surface area (Å²) in [5.41, 5.74) is 4.06. The normalized spacial score (nSPS) is 16.8. The lowest BCUT2D eigenvalue weighted by atomic mass is 10.0. The Hall–Kier alpha value is -3.31. The molecule has 1 atom stereocenters.